The van der Waals surface area contributed by atoms with Crippen LogP contribution >= 0.6 is 0 Å². The van der Waals surface area contributed by atoms with Gasteiger partial charge in [0.25, 0.3) is 0 Å². The number of nitrogens with two attached hydrogens (primary N) is 1. The van der Waals surface area contributed by atoms with Crippen LogP contribution in [0.5, 0.6) is 0 Å². The molecule has 1 aromatic rings. The van der Waals surface area contributed by atoms with E-state index in [9.17, 15) is 0 Å². The van der Waals surface area contributed by atoms with Gasteiger partial charge in [0.1, 0.15) is 0 Å². The Morgan fingerprint density at radius 1 is 1.24 bits per heavy atom. The van der Waals surface area contributed by atoms with E-state index in [1.807, 2.05) is 14.1 Å². The van der Waals surface area contributed by atoms with E-state index in [0.29, 0.717) is 23.9 Å². The zero-order valence-corrected chi connectivity index (χ0v) is 11.2. The molecule has 0 aliphatic rings. The normalized spacial score (nSPS) is 14.2. The zero-order valence-electron chi connectivity index (χ0n) is 11.2. The van der Waals surface area contributed by atoms with Crippen molar-refractivity contribution in [3.05, 3.63) is 0 Å². The van der Waals surface area contributed by atoms with Crippen molar-refractivity contribution in [3.8, 4) is 0 Å². The SMILES string of the molecule is CCC(C)C(C)Nc1nc(N)nc(N(C)C)n1. The summed E-state index contributed by atoms with van der Waals surface area (Å²) in [5.74, 6) is 1.89. The molecule has 0 aromatic carbocycles. The third-order valence-corrected chi connectivity index (χ3v) is 2.90. The first kappa shape index (κ1) is 13.5. The van der Waals surface area contributed by atoms with Gasteiger partial charge in [0.05, 0.1) is 0 Å². The molecule has 6 heteroatoms. The van der Waals surface area contributed by atoms with Gasteiger partial charge in [-0.05, 0) is 12.8 Å². The second kappa shape index (κ2) is 5.65. The molecule has 1 rings (SSSR count). The van der Waals surface area contributed by atoms with Crippen LogP contribution in [0.2, 0.25) is 0 Å². The van der Waals surface area contributed by atoms with Crippen molar-refractivity contribution in [3.63, 3.8) is 0 Å². The Labute approximate surface area is 103 Å². The monoisotopic (exact) mass is 238 g/mol. The summed E-state index contributed by atoms with van der Waals surface area (Å²) in [6, 6.07) is 0.303. The lowest BCUT2D eigenvalue weighted by Crippen LogP contribution is -2.25. The highest BCUT2D eigenvalue weighted by Gasteiger charge is 2.13. The standard InChI is InChI=1S/C11H22N6/c1-6-7(2)8(3)13-10-14-9(12)15-11(16-10)17(4)5/h7-8H,6H2,1-5H3,(H3,12,13,14,15,16). The Hall–Kier alpha value is -1.59. The van der Waals surface area contributed by atoms with E-state index in [0.717, 1.165) is 6.42 Å². The van der Waals surface area contributed by atoms with E-state index >= 15 is 0 Å². The minimum Gasteiger partial charge on any atom is -0.368 e. The van der Waals surface area contributed by atoms with Gasteiger partial charge in [-0.2, -0.15) is 15.0 Å². The molecule has 1 heterocycles. The smallest absolute Gasteiger partial charge is 0.231 e. The van der Waals surface area contributed by atoms with Gasteiger partial charge in [-0.25, -0.2) is 0 Å². The maximum Gasteiger partial charge on any atom is 0.231 e. The summed E-state index contributed by atoms with van der Waals surface area (Å²) in [5.41, 5.74) is 5.65. The van der Waals surface area contributed by atoms with Gasteiger partial charge in [0, 0.05) is 20.1 Å². The Morgan fingerprint density at radius 2 is 1.88 bits per heavy atom. The molecule has 0 bridgehead atoms. The van der Waals surface area contributed by atoms with Gasteiger partial charge in [-0.3, -0.25) is 0 Å². The van der Waals surface area contributed by atoms with Crippen molar-refractivity contribution >= 4 is 17.8 Å². The predicted octanol–water partition coefficient (Wildman–Crippen LogP) is 1.37. The quantitative estimate of drug-likeness (QED) is 0.806. The number of rotatable bonds is 5. The van der Waals surface area contributed by atoms with Gasteiger partial charge >= 0.3 is 0 Å². The highest BCUT2D eigenvalue weighted by molar-refractivity contribution is 5.41. The molecule has 17 heavy (non-hydrogen) atoms. The van der Waals surface area contributed by atoms with Crippen molar-refractivity contribution in [2.24, 2.45) is 5.92 Å². The Bertz CT molecular complexity index is 365. The first-order valence-corrected chi connectivity index (χ1v) is 5.89. The van der Waals surface area contributed by atoms with Crippen LogP contribution in [0.15, 0.2) is 0 Å². The average molecular weight is 238 g/mol. The summed E-state index contributed by atoms with van der Waals surface area (Å²) in [5, 5.41) is 3.26. The van der Waals surface area contributed by atoms with E-state index in [1.54, 1.807) is 4.90 Å². The molecule has 0 spiro atoms. The zero-order chi connectivity index (χ0) is 13.0. The van der Waals surface area contributed by atoms with Gasteiger partial charge in [-0.15, -0.1) is 0 Å². The van der Waals surface area contributed by atoms with Crippen LogP contribution in [0.4, 0.5) is 17.8 Å². The molecular weight excluding hydrogens is 216 g/mol. The largest absolute Gasteiger partial charge is 0.368 e. The van der Waals surface area contributed by atoms with Gasteiger partial charge in [-0.1, -0.05) is 20.3 Å². The summed E-state index contributed by atoms with van der Waals surface area (Å²) in [7, 11) is 3.74. The minimum atomic E-state index is 0.238. The average Bonchev–Trinajstić information content (AvgIpc) is 2.26. The maximum atomic E-state index is 5.65. The number of anilines is 3. The van der Waals surface area contributed by atoms with Gasteiger partial charge < -0.3 is 16.0 Å². The molecule has 2 atom stereocenters. The Balaban J connectivity index is 2.84. The number of nitrogen functional groups attached to an aromatic ring is 1. The minimum absolute atomic E-state index is 0.238. The predicted molar refractivity (Wildman–Crippen MR) is 71.1 cm³/mol. The van der Waals surface area contributed by atoms with E-state index in [1.165, 1.54) is 0 Å². The second-order valence-electron chi connectivity index (χ2n) is 4.53. The lowest BCUT2D eigenvalue weighted by atomic mass is 10.0. The van der Waals surface area contributed by atoms with Crippen molar-refractivity contribution in [1.82, 2.24) is 15.0 Å². The Kier molecular flexibility index (Phi) is 4.48. The third-order valence-electron chi connectivity index (χ3n) is 2.90. The third kappa shape index (κ3) is 3.72. The fourth-order valence-corrected chi connectivity index (χ4v) is 1.34. The molecule has 0 amide bonds. The van der Waals surface area contributed by atoms with Crippen LogP contribution in [-0.4, -0.2) is 35.1 Å². The van der Waals surface area contributed by atoms with E-state index in [4.69, 9.17) is 5.73 Å². The van der Waals surface area contributed by atoms with Crippen LogP contribution in [0.3, 0.4) is 0 Å². The molecular formula is C11H22N6. The molecule has 3 N–H and O–H groups in total. The topological polar surface area (TPSA) is 80.0 Å². The fourth-order valence-electron chi connectivity index (χ4n) is 1.34. The number of hydrogen-bond acceptors (Lipinski definition) is 6. The first-order chi connectivity index (χ1) is 7.93. The van der Waals surface area contributed by atoms with Crippen LogP contribution in [0.1, 0.15) is 27.2 Å². The second-order valence-corrected chi connectivity index (χ2v) is 4.53. The number of nitrogens with one attached hydrogen (secondary N) is 1. The molecule has 0 saturated heterocycles. The van der Waals surface area contributed by atoms with Crippen LogP contribution in [-0.2, 0) is 0 Å². The fraction of sp³-hybridized carbons (Fsp3) is 0.727. The summed E-state index contributed by atoms with van der Waals surface area (Å²) in [6.07, 6.45) is 1.11. The molecule has 96 valence electrons. The molecule has 6 nitrogen and oxygen atoms in total. The highest BCUT2D eigenvalue weighted by Crippen LogP contribution is 2.14. The molecule has 0 aliphatic heterocycles. The molecule has 0 saturated carbocycles. The van der Waals surface area contributed by atoms with Crippen molar-refractivity contribution in [2.75, 3.05) is 30.0 Å². The summed E-state index contributed by atoms with van der Waals surface area (Å²) in [6.45, 7) is 6.47. The van der Waals surface area contributed by atoms with Crippen molar-refractivity contribution in [2.45, 2.75) is 33.2 Å². The summed E-state index contributed by atoms with van der Waals surface area (Å²) < 4.78 is 0. The molecule has 0 fully saturated rings. The first-order valence-electron chi connectivity index (χ1n) is 5.89. The summed E-state index contributed by atoms with van der Waals surface area (Å²) >= 11 is 0. The van der Waals surface area contributed by atoms with Crippen LogP contribution in [0.25, 0.3) is 0 Å². The van der Waals surface area contributed by atoms with E-state index in [-0.39, 0.29) is 5.95 Å². The van der Waals surface area contributed by atoms with E-state index < -0.39 is 0 Å². The molecule has 2 unspecified atom stereocenters. The number of aromatic nitrogens is 3. The summed E-state index contributed by atoms with van der Waals surface area (Å²) in [4.78, 5) is 14.2. The molecule has 1 aromatic heterocycles. The highest BCUT2D eigenvalue weighted by atomic mass is 15.3. The molecule has 0 radical (unpaired) electrons. The van der Waals surface area contributed by atoms with Crippen molar-refractivity contribution in [1.29, 1.82) is 0 Å². The Morgan fingerprint density at radius 3 is 2.41 bits per heavy atom. The van der Waals surface area contributed by atoms with Crippen LogP contribution in [0, 0.1) is 5.92 Å². The van der Waals surface area contributed by atoms with E-state index in [2.05, 4.69) is 41.0 Å². The van der Waals surface area contributed by atoms with Crippen LogP contribution < -0.4 is 16.0 Å². The maximum absolute atomic E-state index is 5.65. The van der Waals surface area contributed by atoms with Gasteiger partial charge in [0.15, 0.2) is 0 Å². The number of nitrogens with zero attached hydrogens (tertiary/aromatic N) is 4. The lowest BCUT2D eigenvalue weighted by molar-refractivity contribution is 0.492. The van der Waals surface area contributed by atoms with Crippen molar-refractivity contribution < 1.29 is 0 Å². The molecule has 0 aliphatic carbocycles. The number of hydrogen-bond donors (Lipinski definition) is 2. The lowest BCUT2D eigenvalue weighted by Gasteiger charge is -2.20. The van der Waals surface area contributed by atoms with Gasteiger partial charge in [0.2, 0.25) is 17.8 Å².